The van der Waals surface area contributed by atoms with E-state index in [-0.39, 0.29) is 0 Å². The molecule has 0 bridgehead atoms. The molecule has 1 aliphatic carbocycles. The van der Waals surface area contributed by atoms with Crippen LogP contribution in [0.5, 0.6) is 0 Å². The first-order valence-electron chi connectivity index (χ1n) is 6.24. The number of rotatable bonds is 1. The van der Waals surface area contributed by atoms with Crippen molar-refractivity contribution in [1.82, 2.24) is 4.98 Å². The number of aromatic nitrogens is 1. The number of benzene rings is 1. The van der Waals surface area contributed by atoms with Crippen molar-refractivity contribution in [1.29, 1.82) is 0 Å². The third-order valence-corrected chi connectivity index (χ3v) is 4.00. The maximum Gasteiger partial charge on any atom is 0.129 e. The highest BCUT2D eigenvalue weighted by Crippen LogP contribution is 2.44. The molecule has 3 nitrogen and oxygen atoms in total. The second-order valence-electron chi connectivity index (χ2n) is 5.11. The van der Waals surface area contributed by atoms with Crippen LogP contribution in [0.3, 0.4) is 0 Å². The second kappa shape index (κ2) is 4.22. The lowest BCUT2D eigenvalue weighted by atomic mass is 9.87. The summed E-state index contributed by atoms with van der Waals surface area (Å²) < 4.78 is 0. The van der Waals surface area contributed by atoms with E-state index in [0.29, 0.717) is 22.8 Å². The first-order valence-corrected chi connectivity index (χ1v) is 6.62. The highest BCUT2D eigenvalue weighted by Gasteiger charge is 2.40. The predicted octanol–water partition coefficient (Wildman–Crippen LogP) is 2.81. The van der Waals surface area contributed by atoms with Gasteiger partial charge in [0.25, 0.3) is 0 Å². The van der Waals surface area contributed by atoms with E-state index in [4.69, 9.17) is 17.3 Å². The number of fused-ring (bicyclic) bond motifs is 1. The average molecular weight is 275 g/mol. The summed E-state index contributed by atoms with van der Waals surface area (Å²) in [6.07, 6.45) is 2.94. The monoisotopic (exact) mass is 274 g/mol. The number of anilines is 1. The van der Waals surface area contributed by atoms with Crippen molar-refractivity contribution in [2.75, 3.05) is 5.73 Å². The number of halogens is 1. The zero-order valence-corrected chi connectivity index (χ0v) is 11.4. The molecule has 2 aromatic rings. The molecule has 0 spiro atoms. The van der Waals surface area contributed by atoms with Gasteiger partial charge < -0.3 is 10.8 Å². The van der Waals surface area contributed by atoms with Gasteiger partial charge in [-0.15, -0.1) is 0 Å². The van der Waals surface area contributed by atoms with Crippen LogP contribution < -0.4 is 5.73 Å². The van der Waals surface area contributed by atoms with Crippen LogP contribution in [0.1, 0.15) is 28.7 Å². The number of pyridine rings is 1. The van der Waals surface area contributed by atoms with Gasteiger partial charge in [0, 0.05) is 11.8 Å². The molecule has 1 aliphatic rings. The molecule has 0 aliphatic heterocycles. The largest absolute Gasteiger partial charge is 0.383 e. The van der Waals surface area contributed by atoms with Gasteiger partial charge >= 0.3 is 0 Å². The molecule has 0 saturated heterocycles. The predicted molar refractivity (Wildman–Crippen MR) is 76.2 cm³/mol. The minimum absolute atomic E-state index is 0.334. The quantitative estimate of drug-likeness (QED) is 0.841. The van der Waals surface area contributed by atoms with E-state index in [0.717, 1.165) is 23.1 Å². The maximum atomic E-state index is 11.1. The van der Waals surface area contributed by atoms with Crippen molar-refractivity contribution < 1.29 is 5.11 Å². The molecule has 98 valence electrons. The molecule has 0 saturated carbocycles. The molecule has 1 atom stereocenters. The van der Waals surface area contributed by atoms with E-state index in [1.165, 1.54) is 6.20 Å². The number of aliphatic hydroxyl groups is 1. The Bertz CT molecular complexity index is 657. The van der Waals surface area contributed by atoms with Crippen molar-refractivity contribution in [2.24, 2.45) is 0 Å². The molecular formula is C15H15ClN2O. The van der Waals surface area contributed by atoms with Gasteiger partial charge in [-0.1, -0.05) is 35.4 Å². The third-order valence-electron chi connectivity index (χ3n) is 3.80. The Balaban J connectivity index is 2.21. The second-order valence-corrected chi connectivity index (χ2v) is 5.54. The SMILES string of the molecule is Cc1ccc2c(c1)C(O)(c1cc(Cl)cnc1N)CC2. The minimum atomic E-state index is -1.08. The van der Waals surface area contributed by atoms with Gasteiger partial charge in [-0.2, -0.15) is 0 Å². The van der Waals surface area contributed by atoms with Gasteiger partial charge in [-0.3, -0.25) is 0 Å². The third kappa shape index (κ3) is 1.90. The Morgan fingerprint density at radius 2 is 2.11 bits per heavy atom. The van der Waals surface area contributed by atoms with Crippen LogP contribution in [0.4, 0.5) is 5.82 Å². The first-order chi connectivity index (χ1) is 9.00. The number of hydrogen-bond acceptors (Lipinski definition) is 3. The van der Waals surface area contributed by atoms with Crippen molar-refractivity contribution in [2.45, 2.75) is 25.4 Å². The van der Waals surface area contributed by atoms with E-state index in [2.05, 4.69) is 17.1 Å². The van der Waals surface area contributed by atoms with Crippen LogP contribution in [0.15, 0.2) is 30.5 Å². The summed E-state index contributed by atoms with van der Waals surface area (Å²) in [5.41, 5.74) is 8.64. The number of aryl methyl sites for hydroxylation is 2. The van der Waals surface area contributed by atoms with Crippen LogP contribution in [-0.2, 0) is 12.0 Å². The fourth-order valence-corrected chi connectivity index (χ4v) is 2.96. The number of nitrogens with two attached hydrogens (primary N) is 1. The molecular weight excluding hydrogens is 260 g/mol. The normalized spacial score (nSPS) is 21.4. The van der Waals surface area contributed by atoms with Crippen LogP contribution >= 0.6 is 11.6 Å². The van der Waals surface area contributed by atoms with Gasteiger partial charge in [0.05, 0.1) is 5.02 Å². The highest BCUT2D eigenvalue weighted by atomic mass is 35.5. The van der Waals surface area contributed by atoms with Gasteiger partial charge in [0.15, 0.2) is 0 Å². The maximum absolute atomic E-state index is 11.1. The van der Waals surface area contributed by atoms with E-state index in [1.807, 2.05) is 13.0 Å². The fourth-order valence-electron chi connectivity index (χ4n) is 2.80. The zero-order valence-electron chi connectivity index (χ0n) is 10.7. The Morgan fingerprint density at radius 3 is 2.89 bits per heavy atom. The molecule has 1 heterocycles. The minimum Gasteiger partial charge on any atom is -0.383 e. The van der Waals surface area contributed by atoms with E-state index in [9.17, 15) is 5.11 Å². The molecule has 4 heteroatoms. The van der Waals surface area contributed by atoms with Crippen LogP contribution in [-0.4, -0.2) is 10.1 Å². The zero-order chi connectivity index (χ0) is 13.6. The van der Waals surface area contributed by atoms with Crippen molar-refractivity contribution in [3.05, 3.63) is 57.7 Å². The lowest BCUT2D eigenvalue weighted by Crippen LogP contribution is -2.26. The number of nitrogen functional groups attached to an aromatic ring is 1. The Morgan fingerprint density at radius 1 is 1.32 bits per heavy atom. The van der Waals surface area contributed by atoms with Crippen molar-refractivity contribution in [3.8, 4) is 0 Å². The summed E-state index contributed by atoms with van der Waals surface area (Å²) in [6.45, 7) is 2.01. The fraction of sp³-hybridized carbons (Fsp3) is 0.267. The standard InChI is InChI=1S/C15H15ClN2O/c1-9-2-3-10-4-5-15(19,12(10)6-9)13-7-11(16)8-18-14(13)17/h2-3,6-8,19H,4-5H2,1H3,(H2,17,18). The van der Waals surface area contributed by atoms with Gasteiger partial charge in [0.2, 0.25) is 0 Å². The molecule has 1 aromatic carbocycles. The Labute approximate surface area is 117 Å². The van der Waals surface area contributed by atoms with Gasteiger partial charge in [0.1, 0.15) is 11.4 Å². The lowest BCUT2D eigenvalue weighted by Gasteiger charge is -2.26. The molecule has 0 amide bonds. The highest BCUT2D eigenvalue weighted by molar-refractivity contribution is 6.30. The van der Waals surface area contributed by atoms with Crippen molar-refractivity contribution in [3.63, 3.8) is 0 Å². The molecule has 0 fully saturated rings. The molecule has 3 N–H and O–H groups in total. The van der Waals surface area contributed by atoms with E-state index in [1.54, 1.807) is 6.07 Å². The summed E-state index contributed by atoms with van der Waals surface area (Å²) in [6, 6.07) is 7.85. The summed E-state index contributed by atoms with van der Waals surface area (Å²) >= 11 is 5.99. The average Bonchev–Trinajstić information content (AvgIpc) is 2.71. The van der Waals surface area contributed by atoms with Crippen LogP contribution in [0.2, 0.25) is 5.02 Å². The topological polar surface area (TPSA) is 59.1 Å². The smallest absolute Gasteiger partial charge is 0.129 e. The lowest BCUT2D eigenvalue weighted by molar-refractivity contribution is 0.0834. The van der Waals surface area contributed by atoms with E-state index < -0.39 is 5.60 Å². The molecule has 1 aromatic heterocycles. The first kappa shape index (κ1) is 12.5. The van der Waals surface area contributed by atoms with Crippen LogP contribution in [0, 0.1) is 6.92 Å². The summed E-state index contributed by atoms with van der Waals surface area (Å²) in [7, 11) is 0. The Hall–Kier alpha value is -1.58. The number of hydrogen-bond donors (Lipinski definition) is 2. The number of nitrogens with zero attached hydrogens (tertiary/aromatic N) is 1. The van der Waals surface area contributed by atoms with Gasteiger partial charge in [-0.25, -0.2) is 4.98 Å². The van der Waals surface area contributed by atoms with Crippen molar-refractivity contribution >= 4 is 17.4 Å². The summed E-state index contributed by atoms with van der Waals surface area (Å²) in [5, 5.41) is 11.6. The molecule has 0 radical (unpaired) electrons. The van der Waals surface area contributed by atoms with Crippen LogP contribution in [0.25, 0.3) is 0 Å². The van der Waals surface area contributed by atoms with Gasteiger partial charge in [-0.05, 0) is 37.0 Å². The molecule has 3 rings (SSSR count). The molecule has 1 unspecified atom stereocenters. The van der Waals surface area contributed by atoms with E-state index >= 15 is 0 Å². The Kier molecular flexibility index (Phi) is 2.77. The summed E-state index contributed by atoms with van der Waals surface area (Å²) in [5.74, 6) is 0.334. The molecule has 19 heavy (non-hydrogen) atoms. The summed E-state index contributed by atoms with van der Waals surface area (Å²) in [4.78, 5) is 4.05.